The highest BCUT2D eigenvalue weighted by molar-refractivity contribution is 6.30. The first-order valence-electron chi connectivity index (χ1n) is 10.0. The number of carbonyl (C=O) groups excluding carboxylic acids is 2. The molecule has 3 rings (SSSR count). The van der Waals surface area contributed by atoms with Crippen LogP contribution in [0.25, 0.3) is 0 Å². The number of nitrogens with one attached hydrogen (secondary N) is 2. The maximum atomic E-state index is 12.1. The predicted molar refractivity (Wildman–Crippen MR) is 133 cm³/mol. The number of urea groups is 1. The van der Waals surface area contributed by atoms with Gasteiger partial charge in [0.1, 0.15) is 12.0 Å². The Balaban J connectivity index is 0.00000256. The van der Waals surface area contributed by atoms with Crippen molar-refractivity contribution in [2.24, 2.45) is 0 Å². The molecule has 10 heteroatoms. The Morgan fingerprint density at radius 2 is 1.88 bits per heavy atom. The second-order valence-electron chi connectivity index (χ2n) is 7.21. The third kappa shape index (κ3) is 8.17. The summed E-state index contributed by atoms with van der Waals surface area (Å²) in [6.07, 6.45) is 5.44. The van der Waals surface area contributed by atoms with Crippen molar-refractivity contribution in [3.05, 3.63) is 58.8 Å². The van der Waals surface area contributed by atoms with Crippen molar-refractivity contribution in [2.45, 2.75) is 12.5 Å². The minimum Gasteiger partial charge on any atom is -0.372 e. The highest BCUT2D eigenvalue weighted by Gasteiger charge is 2.17. The first kappa shape index (κ1) is 28.0. The van der Waals surface area contributed by atoms with Crippen LogP contribution in [-0.4, -0.2) is 69.4 Å². The number of halogens is 3. The number of hydrogen-bond donors (Lipinski definition) is 2. The third-order valence-electron chi connectivity index (χ3n) is 5.20. The maximum absolute atomic E-state index is 12.1. The van der Waals surface area contributed by atoms with Gasteiger partial charge >= 0.3 is 6.03 Å². The van der Waals surface area contributed by atoms with Crippen molar-refractivity contribution in [3.63, 3.8) is 0 Å². The molecule has 7 nitrogen and oxygen atoms in total. The molecule has 1 unspecified atom stereocenters. The van der Waals surface area contributed by atoms with E-state index >= 15 is 0 Å². The molecule has 2 amide bonds. The van der Waals surface area contributed by atoms with Gasteiger partial charge in [0, 0.05) is 56.2 Å². The Kier molecular flexibility index (Phi) is 12.5. The van der Waals surface area contributed by atoms with Gasteiger partial charge in [-0.3, -0.25) is 4.90 Å². The number of ether oxygens (including phenoxy) is 1. The lowest BCUT2D eigenvalue weighted by atomic mass is 10.0. The summed E-state index contributed by atoms with van der Waals surface area (Å²) in [6.45, 7) is 5.46. The second-order valence-corrected chi connectivity index (χ2v) is 7.65. The summed E-state index contributed by atoms with van der Waals surface area (Å²) >= 11 is 5.96. The van der Waals surface area contributed by atoms with Gasteiger partial charge in [-0.2, -0.15) is 0 Å². The summed E-state index contributed by atoms with van der Waals surface area (Å²) < 4.78 is 5.15. The van der Waals surface area contributed by atoms with Crippen molar-refractivity contribution in [1.82, 2.24) is 15.5 Å². The summed E-state index contributed by atoms with van der Waals surface area (Å²) in [4.78, 5) is 27.8. The third-order valence-corrected chi connectivity index (χ3v) is 5.45. The van der Waals surface area contributed by atoms with Gasteiger partial charge in [0.05, 0.1) is 5.57 Å². The van der Waals surface area contributed by atoms with Crippen LogP contribution in [0.5, 0.6) is 0 Å². The van der Waals surface area contributed by atoms with Crippen molar-refractivity contribution in [2.75, 3.05) is 51.3 Å². The topological polar surface area (TPSA) is 73.9 Å². The number of piperazine rings is 1. The molecule has 2 N–H and O–H groups in total. The van der Waals surface area contributed by atoms with Crippen LogP contribution in [0.1, 0.15) is 6.42 Å². The average molecular weight is 504 g/mol. The van der Waals surface area contributed by atoms with Crippen LogP contribution in [0, 0.1) is 0 Å². The first-order chi connectivity index (χ1) is 14.6. The summed E-state index contributed by atoms with van der Waals surface area (Å²) in [5.74, 6) is 1.84. The minimum atomic E-state index is -0.420. The maximum Gasteiger partial charge on any atom is 0.319 e. The lowest BCUT2D eigenvalue weighted by molar-refractivity contribution is 0.171. The predicted octanol–water partition coefficient (Wildman–Crippen LogP) is 3.22. The zero-order chi connectivity index (χ0) is 21.3. The number of benzene rings is 1. The molecule has 1 atom stereocenters. The molecule has 0 bridgehead atoms. The molecule has 1 aromatic rings. The van der Waals surface area contributed by atoms with Crippen LogP contribution in [0.2, 0.25) is 5.02 Å². The number of carbonyl (C=O) groups is 1. The van der Waals surface area contributed by atoms with E-state index in [9.17, 15) is 9.59 Å². The Morgan fingerprint density at radius 3 is 2.50 bits per heavy atom. The van der Waals surface area contributed by atoms with Crippen LogP contribution in [0.3, 0.4) is 0 Å². The van der Waals surface area contributed by atoms with E-state index in [2.05, 4.69) is 32.6 Å². The Bertz CT molecular complexity index is 846. The smallest absolute Gasteiger partial charge is 0.319 e. The number of methoxy groups -OCH3 is 1. The monoisotopic (exact) mass is 502 g/mol. The van der Waals surface area contributed by atoms with Gasteiger partial charge in [-0.05, 0) is 55.5 Å². The van der Waals surface area contributed by atoms with Gasteiger partial charge in [-0.15, -0.1) is 24.8 Å². The fourth-order valence-electron chi connectivity index (χ4n) is 3.52. The summed E-state index contributed by atoms with van der Waals surface area (Å²) in [7, 11) is 1.52. The zero-order valence-corrected chi connectivity index (χ0v) is 20.3. The van der Waals surface area contributed by atoms with Gasteiger partial charge < -0.3 is 20.3 Å². The molecule has 0 radical (unpaired) electrons. The number of anilines is 1. The van der Waals surface area contributed by atoms with Crippen LogP contribution < -0.4 is 15.5 Å². The lowest BCUT2D eigenvalue weighted by Crippen LogP contribution is -2.47. The van der Waals surface area contributed by atoms with E-state index in [0.29, 0.717) is 17.8 Å². The zero-order valence-electron chi connectivity index (χ0n) is 17.9. The molecule has 1 saturated heterocycles. The van der Waals surface area contributed by atoms with Gasteiger partial charge in [-0.25, -0.2) is 9.59 Å². The van der Waals surface area contributed by atoms with E-state index in [0.717, 1.165) is 44.2 Å². The molecule has 176 valence electrons. The minimum absolute atomic E-state index is 0. The second kappa shape index (κ2) is 14.2. The molecule has 1 aliphatic carbocycles. The van der Waals surface area contributed by atoms with Crippen LogP contribution in [-0.2, 0) is 9.53 Å². The molecular weight excluding hydrogens is 475 g/mol. The molecule has 32 heavy (non-hydrogen) atoms. The van der Waals surface area contributed by atoms with E-state index < -0.39 is 6.10 Å². The van der Waals surface area contributed by atoms with Crippen molar-refractivity contribution < 1.29 is 14.3 Å². The van der Waals surface area contributed by atoms with E-state index in [4.69, 9.17) is 16.3 Å². The average Bonchev–Trinajstić information content (AvgIpc) is 2.77. The quantitative estimate of drug-likeness (QED) is 0.441. The van der Waals surface area contributed by atoms with Gasteiger partial charge in [0.2, 0.25) is 0 Å². The lowest BCUT2D eigenvalue weighted by Gasteiger charge is -2.36. The molecule has 0 aromatic heterocycles. The number of hydrogen-bond acceptors (Lipinski definition) is 5. The number of rotatable bonds is 7. The molecule has 1 aliphatic heterocycles. The number of amides is 2. The fourth-order valence-corrected chi connectivity index (χ4v) is 3.65. The highest BCUT2D eigenvalue weighted by atomic mass is 35.5. The van der Waals surface area contributed by atoms with Gasteiger partial charge in [0.15, 0.2) is 0 Å². The van der Waals surface area contributed by atoms with E-state index in [-0.39, 0.29) is 30.8 Å². The van der Waals surface area contributed by atoms with E-state index in [1.807, 2.05) is 18.1 Å². The molecule has 1 aromatic carbocycles. The first-order valence-corrected chi connectivity index (χ1v) is 10.4. The van der Waals surface area contributed by atoms with Crippen molar-refractivity contribution in [3.8, 4) is 0 Å². The number of allylic oxidation sites excluding steroid dienone is 1. The molecular formula is C22H29Cl3N4O3. The SMILES string of the molecule is COC1C=CC(NC(=O)NCCCN2CCN(c3ccc(Cl)cc3)CC2)=CC1=C=O.Cl.Cl. The highest BCUT2D eigenvalue weighted by Crippen LogP contribution is 2.19. The van der Waals surface area contributed by atoms with E-state index in [1.54, 1.807) is 18.2 Å². The normalized spacial score (nSPS) is 18.1. The van der Waals surface area contributed by atoms with Crippen molar-refractivity contribution >= 4 is 54.1 Å². The summed E-state index contributed by atoms with van der Waals surface area (Å²) in [5.41, 5.74) is 2.10. The Morgan fingerprint density at radius 1 is 1.19 bits per heavy atom. The van der Waals surface area contributed by atoms with Crippen molar-refractivity contribution in [1.29, 1.82) is 0 Å². The molecule has 2 aliphatic rings. The van der Waals surface area contributed by atoms with Gasteiger partial charge in [-0.1, -0.05) is 11.6 Å². The molecule has 1 heterocycles. The summed E-state index contributed by atoms with van der Waals surface area (Å²) in [6, 6.07) is 7.66. The molecule has 1 fully saturated rings. The fraction of sp³-hybridized carbons (Fsp3) is 0.409. The standard InChI is InChI=1S/C22H27ClN4O3.2ClH/c1-30-21-8-5-19(15-17(21)16-28)25-22(29)24-9-2-10-26-11-13-27(14-12-26)20-6-3-18(23)4-7-20;;/h3-8,15,21H,2,9-14H2,1H3,(H2,24,25,29);2*1H. The van der Waals surface area contributed by atoms with Crippen LogP contribution in [0.15, 0.2) is 53.8 Å². The van der Waals surface area contributed by atoms with E-state index in [1.165, 1.54) is 12.8 Å². The van der Waals surface area contributed by atoms with Crippen LogP contribution >= 0.6 is 36.4 Å². The Labute approximate surface area is 206 Å². The largest absolute Gasteiger partial charge is 0.372 e. The number of nitrogens with zero attached hydrogens (tertiary/aromatic N) is 2. The van der Waals surface area contributed by atoms with Crippen LogP contribution in [0.4, 0.5) is 10.5 Å². The van der Waals surface area contributed by atoms with Gasteiger partial charge in [0.25, 0.3) is 0 Å². The molecule has 0 saturated carbocycles. The summed E-state index contributed by atoms with van der Waals surface area (Å²) in [5, 5.41) is 6.34. The molecule has 0 spiro atoms. The Hall–Kier alpha value is -1.99.